The second-order valence-electron chi connectivity index (χ2n) is 8.18. The van der Waals surface area contributed by atoms with Crippen molar-refractivity contribution in [2.75, 3.05) is 6.54 Å². The molecule has 164 valence electrons. The van der Waals surface area contributed by atoms with E-state index in [-0.39, 0.29) is 17.1 Å². The molecule has 2 aromatic carbocycles. The van der Waals surface area contributed by atoms with Gasteiger partial charge in [0.1, 0.15) is 17.7 Å². The maximum atomic E-state index is 14.4. The fourth-order valence-corrected chi connectivity index (χ4v) is 4.45. The standard InChI is InChI=1S/C23H19ClF2N4O2/c24-13-9-15(25)19(16(26)10-13)14-11-27-21(31)20(14)29-22(32)30-23(7-8-23)18-6-5-12-3-1-2-4-17(12)28-18/h1-6,9-10,14,20H,7-8,11H2,(H,27,31)(H2,29,30,32)/t14-,20-/m0/s1. The zero-order chi connectivity index (χ0) is 22.5. The van der Waals surface area contributed by atoms with Gasteiger partial charge in [0.15, 0.2) is 0 Å². The van der Waals surface area contributed by atoms with Crippen molar-refractivity contribution in [1.82, 2.24) is 20.9 Å². The summed E-state index contributed by atoms with van der Waals surface area (Å²) in [6, 6.07) is 11.8. The van der Waals surface area contributed by atoms with E-state index in [9.17, 15) is 18.4 Å². The van der Waals surface area contributed by atoms with Crippen LogP contribution in [0.4, 0.5) is 13.6 Å². The number of para-hydroxylation sites is 1. The number of rotatable bonds is 4. The number of benzene rings is 2. The van der Waals surface area contributed by atoms with Gasteiger partial charge in [0.25, 0.3) is 0 Å². The maximum absolute atomic E-state index is 14.4. The minimum absolute atomic E-state index is 0.00335. The van der Waals surface area contributed by atoms with Crippen molar-refractivity contribution in [3.63, 3.8) is 0 Å². The molecule has 9 heteroatoms. The van der Waals surface area contributed by atoms with Gasteiger partial charge in [-0.05, 0) is 37.1 Å². The molecule has 2 heterocycles. The van der Waals surface area contributed by atoms with Crippen LogP contribution in [0.3, 0.4) is 0 Å². The molecule has 2 fully saturated rings. The molecule has 1 saturated carbocycles. The van der Waals surface area contributed by atoms with Crippen LogP contribution in [0.5, 0.6) is 0 Å². The number of hydrogen-bond acceptors (Lipinski definition) is 3. The predicted molar refractivity (Wildman–Crippen MR) is 115 cm³/mol. The van der Waals surface area contributed by atoms with Gasteiger partial charge in [0.2, 0.25) is 5.91 Å². The maximum Gasteiger partial charge on any atom is 0.316 e. The smallest absolute Gasteiger partial charge is 0.316 e. The number of nitrogens with zero attached hydrogens (tertiary/aromatic N) is 1. The van der Waals surface area contributed by atoms with E-state index in [1.54, 1.807) is 0 Å². The van der Waals surface area contributed by atoms with Crippen LogP contribution in [0.2, 0.25) is 5.02 Å². The number of carbonyl (C=O) groups is 2. The minimum Gasteiger partial charge on any atom is -0.354 e. The van der Waals surface area contributed by atoms with Crippen molar-refractivity contribution in [2.45, 2.75) is 30.3 Å². The minimum atomic E-state index is -1.12. The van der Waals surface area contributed by atoms with Crippen LogP contribution >= 0.6 is 11.6 Å². The van der Waals surface area contributed by atoms with Gasteiger partial charge in [0, 0.05) is 28.4 Å². The van der Waals surface area contributed by atoms with E-state index in [4.69, 9.17) is 11.6 Å². The molecular weight excluding hydrogens is 438 g/mol. The third kappa shape index (κ3) is 3.64. The largest absolute Gasteiger partial charge is 0.354 e. The first-order chi connectivity index (χ1) is 15.4. The van der Waals surface area contributed by atoms with E-state index in [0.717, 1.165) is 28.7 Å². The van der Waals surface area contributed by atoms with E-state index in [0.29, 0.717) is 12.8 Å². The fourth-order valence-electron chi connectivity index (χ4n) is 4.26. The Bertz CT molecular complexity index is 1220. The molecule has 0 bridgehead atoms. The third-order valence-corrected chi connectivity index (χ3v) is 6.29. The fraction of sp³-hybridized carbons (Fsp3) is 0.261. The molecule has 5 rings (SSSR count). The number of halogens is 3. The van der Waals surface area contributed by atoms with E-state index < -0.39 is 41.1 Å². The van der Waals surface area contributed by atoms with Crippen molar-refractivity contribution in [2.24, 2.45) is 0 Å². The van der Waals surface area contributed by atoms with Crippen LogP contribution < -0.4 is 16.0 Å². The highest BCUT2D eigenvalue weighted by Gasteiger charge is 2.48. The lowest BCUT2D eigenvalue weighted by Gasteiger charge is -2.23. The lowest BCUT2D eigenvalue weighted by atomic mass is 9.93. The monoisotopic (exact) mass is 456 g/mol. The molecule has 32 heavy (non-hydrogen) atoms. The molecule has 0 unspecified atom stereocenters. The molecule has 0 spiro atoms. The number of fused-ring (bicyclic) bond motifs is 1. The number of nitrogens with one attached hydrogen (secondary N) is 3. The van der Waals surface area contributed by atoms with Crippen molar-refractivity contribution >= 4 is 34.4 Å². The molecule has 1 aliphatic carbocycles. The number of urea groups is 1. The summed E-state index contributed by atoms with van der Waals surface area (Å²) >= 11 is 5.70. The van der Waals surface area contributed by atoms with Crippen molar-refractivity contribution in [3.05, 3.63) is 76.4 Å². The van der Waals surface area contributed by atoms with Crippen LogP contribution in [0.25, 0.3) is 10.9 Å². The first-order valence-electron chi connectivity index (χ1n) is 10.2. The quantitative estimate of drug-likeness (QED) is 0.559. The Kier molecular flexibility index (Phi) is 4.97. The van der Waals surface area contributed by atoms with Gasteiger partial charge >= 0.3 is 6.03 Å². The van der Waals surface area contributed by atoms with Gasteiger partial charge in [-0.3, -0.25) is 9.78 Å². The Balaban J connectivity index is 1.35. The summed E-state index contributed by atoms with van der Waals surface area (Å²) in [4.78, 5) is 29.8. The number of hydrogen-bond donors (Lipinski definition) is 3. The molecule has 3 amide bonds. The van der Waals surface area contributed by atoms with Crippen LogP contribution in [0, 0.1) is 11.6 Å². The zero-order valence-corrected chi connectivity index (χ0v) is 17.5. The van der Waals surface area contributed by atoms with Crippen molar-refractivity contribution in [3.8, 4) is 0 Å². The van der Waals surface area contributed by atoms with Gasteiger partial charge in [0.05, 0.1) is 16.7 Å². The average Bonchev–Trinajstić information content (AvgIpc) is 3.45. The lowest BCUT2D eigenvalue weighted by molar-refractivity contribution is -0.120. The van der Waals surface area contributed by atoms with Crippen molar-refractivity contribution in [1.29, 1.82) is 0 Å². The summed E-state index contributed by atoms with van der Waals surface area (Å²) in [5.41, 5.74) is 0.640. The highest BCUT2D eigenvalue weighted by atomic mass is 35.5. The average molecular weight is 457 g/mol. The number of amides is 3. The second kappa shape index (κ2) is 7.70. The Morgan fingerprint density at radius 3 is 2.56 bits per heavy atom. The summed E-state index contributed by atoms with van der Waals surface area (Å²) < 4.78 is 28.9. The van der Waals surface area contributed by atoms with E-state index >= 15 is 0 Å². The molecule has 1 saturated heterocycles. The Labute approximate surface area is 187 Å². The molecule has 3 N–H and O–H groups in total. The molecule has 3 aromatic rings. The first kappa shape index (κ1) is 20.6. The molecule has 1 aliphatic heterocycles. The predicted octanol–water partition coefficient (Wildman–Crippen LogP) is 3.74. The summed E-state index contributed by atoms with van der Waals surface area (Å²) in [6.45, 7) is -0.00335. The zero-order valence-electron chi connectivity index (χ0n) is 16.8. The molecular formula is C23H19ClF2N4O2. The summed E-state index contributed by atoms with van der Waals surface area (Å²) in [7, 11) is 0. The van der Waals surface area contributed by atoms with E-state index in [1.165, 1.54) is 0 Å². The van der Waals surface area contributed by atoms with E-state index in [2.05, 4.69) is 20.9 Å². The highest BCUT2D eigenvalue weighted by Crippen LogP contribution is 2.45. The topological polar surface area (TPSA) is 83.1 Å². The van der Waals surface area contributed by atoms with Crippen LogP contribution in [-0.2, 0) is 10.3 Å². The number of aromatic nitrogens is 1. The highest BCUT2D eigenvalue weighted by molar-refractivity contribution is 6.30. The number of carbonyl (C=O) groups excluding carboxylic acids is 2. The van der Waals surface area contributed by atoms with Crippen LogP contribution in [0.15, 0.2) is 48.5 Å². The SMILES string of the molecule is O=C(N[C@@H]1C(=O)NC[C@H]1c1c(F)cc(Cl)cc1F)NC1(c2ccc3ccccc3n2)CC1. The van der Waals surface area contributed by atoms with Gasteiger partial charge in [-0.15, -0.1) is 0 Å². The summed E-state index contributed by atoms with van der Waals surface area (Å²) in [6.07, 6.45) is 1.40. The van der Waals surface area contributed by atoms with Crippen LogP contribution in [-0.4, -0.2) is 29.5 Å². The Hall–Kier alpha value is -3.26. The first-order valence-corrected chi connectivity index (χ1v) is 10.6. The van der Waals surface area contributed by atoms with Gasteiger partial charge in [-0.2, -0.15) is 0 Å². The summed E-state index contributed by atoms with van der Waals surface area (Å²) in [5, 5.41) is 8.97. The van der Waals surface area contributed by atoms with Crippen LogP contribution in [0.1, 0.15) is 30.0 Å². The van der Waals surface area contributed by atoms with Crippen molar-refractivity contribution < 1.29 is 18.4 Å². The molecule has 2 atom stereocenters. The Morgan fingerprint density at radius 1 is 1.12 bits per heavy atom. The summed E-state index contributed by atoms with van der Waals surface area (Å²) in [5.74, 6) is -3.13. The molecule has 2 aliphatic rings. The second-order valence-corrected chi connectivity index (χ2v) is 8.62. The molecule has 1 aromatic heterocycles. The molecule has 0 radical (unpaired) electrons. The van der Waals surface area contributed by atoms with Gasteiger partial charge in [-0.1, -0.05) is 35.9 Å². The van der Waals surface area contributed by atoms with E-state index in [1.807, 2.05) is 36.4 Å². The lowest BCUT2D eigenvalue weighted by Crippen LogP contribution is -2.50. The third-order valence-electron chi connectivity index (χ3n) is 6.07. The Morgan fingerprint density at radius 2 is 1.84 bits per heavy atom. The van der Waals surface area contributed by atoms with Gasteiger partial charge in [-0.25, -0.2) is 13.6 Å². The molecule has 6 nitrogen and oxygen atoms in total. The van der Waals surface area contributed by atoms with Gasteiger partial charge < -0.3 is 16.0 Å². The number of pyridine rings is 1. The normalized spacial score (nSPS) is 21.3.